The number of rotatable bonds is 3. The van der Waals surface area contributed by atoms with Crippen molar-refractivity contribution in [1.82, 2.24) is 0 Å². The molecule has 0 bridgehead atoms. The highest BCUT2D eigenvalue weighted by Gasteiger charge is 2.35. The van der Waals surface area contributed by atoms with Gasteiger partial charge in [0.15, 0.2) is 0 Å². The Bertz CT molecular complexity index is 379. The van der Waals surface area contributed by atoms with Gasteiger partial charge in [-0.2, -0.15) is 13.2 Å². The minimum atomic E-state index is -4.43. The van der Waals surface area contributed by atoms with Crippen molar-refractivity contribution in [2.75, 3.05) is 13.7 Å². The van der Waals surface area contributed by atoms with Crippen LogP contribution in [0, 0.1) is 0 Å². The van der Waals surface area contributed by atoms with Crippen LogP contribution >= 0.6 is 15.9 Å². The molecule has 0 aliphatic rings. The monoisotopic (exact) mass is 297 g/mol. The summed E-state index contributed by atoms with van der Waals surface area (Å²) in [6, 6.07) is 2.58. The number of nitrogens with two attached hydrogens (primary N) is 1. The second-order valence-corrected chi connectivity index (χ2v) is 4.10. The zero-order valence-corrected chi connectivity index (χ0v) is 10.2. The summed E-state index contributed by atoms with van der Waals surface area (Å²) in [5, 5.41) is 0. The minimum Gasteiger partial charge on any atom is -0.496 e. The van der Waals surface area contributed by atoms with E-state index in [9.17, 15) is 13.2 Å². The molecule has 90 valence electrons. The molecule has 0 aliphatic carbocycles. The van der Waals surface area contributed by atoms with Crippen molar-refractivity contribution in [1.29, 1.82) is 0 Å². The van der Waals surface area contributed by atoms with Gasteiger partial charge in [-0.3, -0.25) is 0 Å². The van der Waals surface area contributed by atoms with Crippen molar-refractivity contribution >= 4 is 15.9 Å². The van der Waals surface area contributed by atoms with E-state index in [1.807, 2.05) is 0 Å². The van der Waals surface area contributed by atoms with Gasteiger partial charge in [-0.25, -0.2) is 0 Å². The number of methoxy groups -OCH3 is 1. The van der Waals surface area contributed by atoms with E-state index in [-0.39, 0.29) is 12.3 Å². The maximum absolute atomic E-state index is 12.7. The molecule has 0 spiro atoms. The first-order chi connectivity index (χ1) is 7.40. The van der Waals surface area contributed by atoms with E-state index in [2.05, 4.69) is 15.9 Å². The molecule has 0 heterocycles. The Morgan fingerprint density at radius 2 is 2.00 bits per heavy atom. The van der Waals surface area contributed by atoms with Crippen LogP contribution in [0.15, 0.2) is 16.6 Å². The normalized spacial score (nSPS) is 11.6. The lowest BCUT2D eigenvalue weighted by Crippen LogP contribution is -2.11. The van der Waals surface area contributed by atoms with E-state index < -0.39 is 11.7 Å². The summed E-state index contributed by atoms with van der Waals surface area (Å²) in [7, 11) is 1.22. The number of benzene rings is 1. The number of halogens is 4. The standard InChI is InChI=1S/C10H11BrF3NO/c1-16-9-6(2-3-15)4-7(11)5-8(9)10(12,13)14/h4-5H,2-3,15H2,1H3. The smallest absolute Gasteiger partial charge is 0.420 e. The van der Waals surface area contributed by atoms with Crippen molar-refractivity contribution in [3.05, 3.63) is 27.7 Å². The van der Waals surface area contributed by atoms with Gasteiger partial charge >= 0.3 is 6.18 Å². The summed E-state index contributed by atoms with van der Waals surface area (Å²) in [5.74, 6) is -0.152. The van der Waals surface area contributed by atoms with Gasteiger partial charge in [0.25, 0.3) is 0 Å². The van der Waals surface area contributed by atoms with Crippen LogP contribution in [-0.4, -0.2) is 13.7 Å². The zero-order valence-electron chi connectivity index (χ0n) is 8.57. The maximum Gasteiger partial charge on any atom is 0.420 e. The highest BCUT2D eigenvalue weighted by molar-refractivity contribution is 9.10. The van der Waals surface area contributed by atoms with Crippen molar-refractivity contribution in [3.8, 4) is 5.75 Å². The molecule has 0 saturated carbocycles. The summed E-state index contributed by atoms with van der Waals surface area (Å²) in [6.07, 6.45) is -4.09. The first-order valence-corrected chi connectivity index (χ1v) is 5.33. The van der Waals surface area contributed by atoms with Crippen LogP contribution in [0.1, 0.15) is 11.1 Å². The summed E-state index contributed by atoms with van der Waals surface area (Å²) < 4.78 is 43.3. The van der Waals surface area contributed by atoms with E-state index >= 15 is 0 Å². The third-order valence-corrected chi connectivity index (χ3v) is 2.51. The van der Waals surface area contributed by atoms with Gasteiger partial charge in [-0.15, -0.1) is 0 Å². The summed E-state index contributed by atoms with van der Waals surface area (Å²) >= 11 is 3.04. The second kappa shape index (κ2) is 5.05. The molecule has 2 nitrogen and oxygen atoms in total. The minimum absolute atomic E-state index is 0.152. The molecule has 6 heteroatoms. The molecule has 0 amide bonds. The molecule has 0 saturated heterocycles. The third-order valence-electron chi connectivity index (χ3n) is 2.05. The molecular formula is C10H11BrF3NO. The van der Waals surface area contributed by atoms with E-state index in [0.717, 1.165) is 6.07 Å². The van der Waals surface area contributed by atoms with Crippen molar-refractivity contribution < 1.29 is 17.9 Å². The Morgan fingerprint density at radius 3 is 2.44 bits per heavy atom. The van der Waals surface area contributed by atoms with Crippen LogP contribution in [-0.2, 0) is 12.6 Å². The van der Waals surface area contributed by atoms with Gasteiger partial charge in [0, 0.05) is 4.47 Å². The molecule has 0 unspecified atom stereocenters. The lowest BCUT2D eigenvalue weighted by molar-refractivity contribution is -0.138. The Labute approximate surface area is 99.7 Å². The van der Waals surface area contributed by atoms with E-state index in [1.54, 1.807) is 6.07 Å². The average molecular weight is 298 g/mol. The van der Waals surface area contributed by atoms with Gasteiger partial charge in [0.2, 0.25) is 0 Å². The van der Waals surface area contributed by atoms with Crippen LogP contribution in [0.5, 0.6) is 5.75 Å². The Balaban J connectivity index is 3.36. The number of hydrogen-bond donors (Lipinski definition) is 1. The molecule has 0 radical (unpaired) electrons. The molecule has 0 fully saturated rings. The molecule has 0 atom stereocenters. The van der Waals surface area contributed by atoms with Gasteiger partial charge in [-0.05, 0) is 30.7 Å². The van der Waals surface area contributed by atoms with E-state index in [4.69, 9.17) is 10.5 Å². The van der Waals surface area contributed by atoms with Crippen LogP contribution in [0.3, 0.4) is 0 Å². The molecule has 0 aromatic heterocycles. The lowest BCUT2D eigenvalue weighted by Gasteiger charge is -2.16. The van der Waals surface area contributed by atoms with Gasteiger partial charge in [0.1, 0.15) is 5.75 Å². The number of ether oxygens (including phenoxy) is 1. The molecule has 16 heavy (non-hydrogen) atoms. The molecule has 2 N–H and O–H groups in total. The highest BCUT2D eigenvalue weighted by Crippen LogP contribution is 2.40. The number of alkyl halides is 3. The van der Waals surface area contributed by atoms with E-state index in [0.29, 0.717) is 16.5 Å². The highest BCUT2D eigenvalue weighted by atomic mass is 79.9. The lowest BCUT2D eigenvalue weighted by atomic mass is 10.1. The zero-order chi connectivity index (χ0) is 12.3. The maximum atomic E-state index is 12.7. The van der Waals surface area contributed by atoms with Gasteiger partial charge < -0.3 is 10.5 Å². The average Bonchev–Trinajstić information content (AvgIpc) is 2.16. The van der Waals surface area contributed by atoms with Crippen LogP contribution < -0.4 is 10.5 Å². The molecule has 1 aromatic carbocycles. The summed E-state index contributed by atoms with van der Waals surface area (Å²) in [6.45, 7) is 0.268. The summed E-state index contributed by atoms with van der Waals surface area (Å²) in [5.41, 5.74) is 5.01. The topological polar surface area (TPSA) is 35.2 Å². The first-order valence-electron chi connectivity index (χ1n) is 4.53. The first kappa shape index (κ1) is 13.3. The Morgan fingerprint density at radius 1 is 1.38 bits per heavy atom. The SMILES string of the molecule is COc1c(CCN)cc(Br)cc1C(F)(F)F. The van der Waals surface area contributed by atoms with Crippen LogP contribution in [0.25, 0.3) is 0 Å². The molecular weight excluding hydrogens is 287 g/mol. The fourth-order valence-electron chi connectivity index (χ4n) is 1.44. The third kappa shape index (κ3) is 2.89. The van der Waals surface area contributed by atoms with Crippen molar-refractivity contribution in [2.24, 2.45) is 5.73 Å². The van der Waals surface area contributed by atoms with E-state index in [1.165, 1.54) is 7.11 Å². The molecule has 1 rings (SSSR count). The fraction of sp³-hybridized carbons (Fsp3) is 0.400. The summed E-state index contributed by atoms with van der Waals surface area (Å²) in [4.78, 5) is 0. The van der Waals surface area contributed by atoms with Gasteiger partial charge in [0.05, 0.1) is 12.7 Å². The van der Waals surface area contributed by atoms with Crippen molar-refractivity contribution in [2.45, 2.75) is 12.6 Å². The predicted molar refractivity (Wildman–Crippen MR) is 58.5 cm³/mol. The van der Waals surface area contributed by atoms with Crippen LogP contribution in [0.4, 0.5) is 13.2 Å². The van der Waals surface area contributed by atoms with Crippen molar-refractivity contribution in [3.63, 3.8) is 0 Å². The van der Waals surface area contributed by atoms with Crippen LogP contribution in [0.2, 0.25) is 0 Å². The van der Waals surface area contributed by atoms with Gasteiger partial charge in [-0.1, -0.05) is 15.9 Å². The fourth-order valence-corrected chi connectivity index (χ4v) is 1.95. The molecule has 0 aliphatic heterocycles. The second-order valence-electron chi connectivity index (χ2n) is 3.18. The number of hydrogen-bond acceptors (Lipinski definition) is 2. The predicted octanol–water partition coefficient (Wildman–Crippen LogP) is 2.98. The largest absolute Gasteiger partial charge is 0.496 e. The molecule has 1 aromatic rings. The Kier molecular flexibility index (Phi) is 4.21. The Hall–Kier alpha value is -0.750. The quantitative estimate of drug-likeness (QED) is 0.931.